The highest BCUT2D eigenvalue weighted by atomic mass is 16.1. The topological polar surface area (TPSA) is 47.8 Å². The number of hydrogen-bond acceptors (Lipinski definition) is 3. The van der Waals surface area contributed by atoms with Gasteiger partial charge in [-0.15, -0.1) is 0 Å². The molecule has 0 radical (unpaired) electrons. The van der Waals surface area contributed by atoms with Crippen LogP contribution in [0.15, 0.2) is 6.33 Å². The lowest BCUT2D eigenvalue weighted by atomic mass is 10.0. The smallest absolute Gasteiger partial charge is 0.138 e. The van der Waals surface area contributed by atoms with Crippen LogP contribution in [0.1, 0.15) is 52.4 Å². The van der Waals surface area contributed by atoms with Crippen LogP contribution in [0.25, 0.3) is 0 Å². The van der Waals surface area contributed by atoms with E-state index in [2.05, 4.69) is 23.9 Å². The Bertz CT molecular complexity index is 342. The first-order chi connectivity index (χ1) is 7.52. The Morgan fingerprint density at radius 1 is 1.38 bits per heavy atom. The summed E-state index contributed by atoms with van der Waals surface area (Å²) in [7, 11) is 0. The van der Waals surface area contributed by atoms with E-state index in [4.69, 9.17) is 0 Å². The number of aryl methyl sites for hydroxylation is 1. The normalized spacial score (nSPS) is 11.4. The number of nitrogens with zero attached hydrogens (tertiary/aromatic N) is 3. The second-order valence-corrected chi connectivity index (χ2v) is 4.69. The summed E-state index contributed by atoms with van der Waals surface area (Å²) in [5.74, 6) is 1.45. The standard InChI is InChI=1S/C12H21N3O/c1-9(2)11(16)6-5-7-12-13-8-14-15(12)10(3)4/h8-10H,5-7H2,1-4H3. The van der Waals surface area contributed by atoms with Gasteiger partial charge >= 0.3 is 0 Å². The molecule has 1 aromatic rings. The average molecular weight is 223 g/mol. The maximum absolute atomic E-state index is 11.4. The minimum absolute atomic E-state index is 0.142. The molecule has 0 N–H and O–H groups in total. The van der Waals surface area contributed by atoms with Crippen LogP contribution >= 0.6 is 0 Å². The Kier molecular flexibility index (Phi) is 4.65. The molecule has 1 heterocycles. The lowest BCUT2D eigenvalue weighted by molar-refractivity contribution is -0.121. The van der Waals surface area contributed by atoms with Gasteiger partial charge in [-0.1, -0.05) is 13.8 Å². The van der Waals surface area contributed by atoms with Crippen molar-refractivity contribution in [1.29, 1.82) is 0 Å². The molecule has 0 aromatic carbocycles. The molecule has 1 rings (SSSR count). The number of carbonyl (C=O) groups excluding carboxylic acids is 1. The van der Waals surface area contributed by atoms with Crippen molar-refractivity contribution in [3.63, 3.8) is 0 Å². The summed E-state index contributed by atoms with van der Waals surface area (Å²) in [4.78, 5) is 15.7. The van der Waals surface area contributed by atoms with Gasteiger partial charge in [0.05, 0.1) is 0 Å². The number of aromatic nitrogens is 3. The third kappa shape index (κ3) is 3.43. The third-order valence-electron chi connectivity index (χ3n) is 2.60. The highest BCUT2D eigenvalue weighted by molar-refractivity contribution is 5.80. The van der Waals surface area contributed by atoms with Crippen LogP contribution < -0.4 is 0 Å². The summed E-state index contributed by atoms with van der Waals surface area (Å²) < 4.78 is 1.92. The molecule has 0 unspecified atom stereocenters. The van der Waals surface area contributed by atoms with Crippen LogP contribution in [0.2, 0.25) is 0 Å². The van der Waals surface area contributed by atoms with Gasteiger partial charge < -0.3 is 0 Å². The summed E-state index contributed by atoms with van der Waals surface area (Å²) in [6.07, 6.45) is 3.92. The van der Waals surface area contributed by atoms with Gasteiger partial charge in [0.25, 0.3) is 0 Å². The third-order valence-corrected chi connectivity index (χ3v) is 2.60. The second kappa shape index (κ2) is 5.77. The van der Waals surface area contributed by atoms with E-state index in [9.17, 15) is 4.79 Å². The first kappa shape index (κ1) is 12.9. The Morgan fingerprint density at radius 2 is 2.06 bits per heavy atom. The van der Waals surface area contributed by atoms with Crippen molar-refractivity contribution in [2.75, 3.05) is 0 Å². The maximum atomic E-state index is 11.4. The van der Waals surface area contributed by atoms with Gasteiger partial charge in [-0.2, -0.15) is 5.10 Å². The molecular weight excluding hydrogens is 202 g/mol. The number of ketones is 1. The van der Waals surface area contributed by atoms with Gasteiger partial charge in [-0.3, -0.25) is 4.79 Å². The van der Waals surface area contributed by atoms with Gasteiger partial charge in [-0.05, 0) is 20.3 Å². The van der Waals surface area contributed by atoms with Crippen molar-refractivity contribution < 1.29 is 4.79 Å². The zero-order chi connectivity index (χ0) is 12.1. The van der Waals surface area contributed by atoms with Gasteiger partial charge in [0.2, 0.25) is 0 Å². The summed E-state index contributed by atoms with van der Waals surface area (Å²) in [5, 5.41) is 4.17. The lowest BCUT2D eigenvalue weighted by Crippen LogP contribution is -2.10. The fourth-order valence-electron chi connectivity index (χ4n) is 1.59. The molecule has 0 aliphatic carbocycles. The van der Waals surface area contributed by atoms with Crippen LogP contribution in [0, 0.1) is 5.92 Å². The van der Waals surface area contributed by atoms with Gasteiger partial charge in [0.15, 0.2) is 0 Å². The molecule has 16 heavy (non-hydrogen) atoms. The molecule has 4 nitrogen and oxygen atoms in total. The van der Waals surface area contributed by atoms with Crippen molar-refractivity contribution in [2.24, 2.45) is 5.92 Å². The van der Waals surface area contributed by atoms with E-state index in [1.807, 2.05) is 18.5 Å². The zero-order valence-electron chi connectivity index (χ0n) is 10.6. The number of carbonyl (C=O) groups is 1. The quantitative estimate of drug-likeness (QED) is 0.744. The minimum atomic E-state index is 0.142. The molecule has 0 saturated carbocycles. The van der Waals surface area contributed by atoms with E-state index >= 15 is 0 Å². The van der Waals surface area contributed by atoms with Crippen LogP contribution in [0.4, 0.5) is 0 Å². The number of hydrogen-bond donors (Lipinski definition) is 0. The molecule has 90 valence electrons. The minimum Gasteiger partial charge on any atom is -0.299 e. The SMILES string of the molecule is CC(C)C(=O)CCCc1ncnn1C(C)C. The highest BCUT2D eigenvalue weighted by Crippen LogP contribution is 2.09. The summed E-state index contributed by atoms with van der Waals surface area (Å²) in [5.41, 5.74) is 0. The first-order valence-electron chi connectivity index (χ1n) is 5.93. The van der Waals surface area contributed by atoms with Crippen LogP contribution in [0.5, 0.6) is 0 Å². The summed E-state index contributed by atoms with van der Waals surface area (Å²) >= 11 is 0. The van der Waals surface area contributed by atoms with E-state index in [-0.39, 0.29) is 5.92 Å². The Morgan fingerprint density at radius 3 is 2.62 bits per heavy atom. The Hall–Kier alpha value is -1.19. The first-order valence-corrected chi connectivity index (χ1v) is 5.93. The lowest BCUT2D eigenvalue weighted by Gasteiger charge is -2.09. The molecule has 1 aromatic heterocycles. The van der Waals surface area contributed by atoms with E-state index in [1.54, 1.807) is 6.33 Å². The van der Waals surface area contributed by atoms with Crippen LogP contribution in [0.3, 0.4) is 0 Å². The fraction of sp³-hybridized carbons (Fsp3) is 0.750. The molecule has 0 aliphatic heterocycles. The van der Waals surface area contributed by atoms with Gasteiger partial charge in [-0.25, -0.2) is 9.67 Å². The van der Waals surface area contributed by atoms with E-state index in [0.717, 1.165) is 18.7 Å². The van der Waals surface area contributed by atoms with E-state index < -0.39 is 0 Å². The molecule has 0 fully saturated rings. The van der Waals surface area contributed by atoms with Crippen molar-refractivity contribution in [3.8, 4) is 0 Å². The summed E-state index contributed by atoms with van der Waals surface area (Å²) in [6.45, 7) is 8.05. The molecule has 0 amide bonds. The number of rotatable bonds is 6. The largest absolute Gasteiger partial charge is 0.299 e. The predicted molar refractivity (Wildman–Crippen MR) is 63.2 cm³/mol. The number of Topliss-reactive ketones (excluding diaryl/α,β-unsaturated/α-hetero) is 1. The van der Waals surface area contributed by atoms with Gasteiger partial charge in [0.1, 0.15) is 17.9 Å². The monoisotopic (exact) mass is 223 g/mol. The Balaban J connectivity index is 2.43. The van der Waals surface area contributed by atoms with Gasteiger partial charge in [0, 0.05) is 24.8 Å². The molecular formula is C12H21N3O. The van der Waals surface area contributed by atoms with Crippen molar-refractivity contribution in [3.05, 3.63) is 12.2 Å². The van der Waals surface area contributed by atoms with Crippen molar-refractivity contribution >= 4 is 5.78 Å². The van der Waals surface area contributed by atoms with E-state index in [0.29, 0.717) is 18.2 Å². The predicted octanol–water partition coefficient (Wildman–Crippen LogP) is 2.41. The second-order valence-electron chi connectivity index (χ2n) is 4.69. The Labute approximate surface area is 97.1 Å². The maximum Gasteiger partial charge on any atom is 0.138 e. The zero-order valence-corrected chi connectivity index (χ0v) is 10.6. The molecule has 0 aliphatic rings. The molecule has 4 heteroatoms. The summed E-state index contributed by atoms with van der Waals surface area (Å²) in [6, 6.07) is 0.332. The van der Waals surface area contributed by atoms with E-state index in [1.165, 1.54) is 0 Å². The molecule has 0 atom stereocenters. The molecule has 0 saturated heterocycles. The highest BCUT2D eigenvalue weighted by Gasteiger charge is 2.10. The fourth-order valence-corrected chi connectivity index (χ4v) is 1.59. The van der Waals surface area contributed by atoms with Crippen LogP contribution in [-0.2, 0) is 11.2 Å². The van der Waals surface area contributed by atoms with Crippen molar-refractivity contribution in [2.45, 2.75) is 53.0 Å². The molecule has 0 spiro atoms. The molecule has 0 bridgehead atoms. The van der Waals surface area contributed by atoms with Crippen LogP contribution in [-0.4, -0.2) is 20.5 Å². The van der Waals surface area contributed by atoms with Crippen molar-refractivity contribution in [1.82, 2.24) is 14.8 Å². The average Bonchev–Trinajstić information content (AvgIpc) is 2.65.